The van der Waals surface area contributed by atoms with Crippen LogP contribution in [0.2, 0.25) is 0 Å². The largest absolute Gasteiger partial charge is 0.319 e. The van der Waals surface area contributed by atoms with Gasteiger partial charge in [0, 0.05) is 22.8 Å². The predicted octanol–water partition coefficient (Wildman–Crippen LogP) is 3.82. The molecule has 0 saturated heterocycles. The SMILES string of the molecule is CCc1nc2ccccn2c1C(=O)Nc1cc([N+](=O)[O-])ccc1Br. The minimum Gasteiger partial charge on any atom is -0.319 e. The molecule has 0 spiro atoms. The van der Waals surface area contributed by atoms with Crippen molar-refractivity contribution in [1.29, 1.82) is 0 Å². The van der Waals surface area contributed by atoms with E-state index in [2.05, 4.69) is 26.2 Å². The van der Waals surface area contributed by atoms with Gasteiger partial charge in [0.25, 0.3) is 11.6 Å². The van der Waals surface area contributed by atoms with E-state index in [0.717, 1.165) is 0 Å². The fourth-order valence-electron chi connectivity index (χ4n) is 2.44. The molecule has 0 aliphatic carbocycles. The maximum Gasteiger partial charge on any atom is 0.274 e. The number of pyridine rings is 1. The summed E-state index contributed by atoms with van der Waals surface area (Å²) in [6, 6.07) is 9.69. The Morgan fingerprint density at radius 2 is 2.17 bits per heavy atom. The summed E-state index contributed by atoms with van der Waals surface area (Å²) in [5.41, 5.74) is 2.01. The normalized spacial score (nSPS) is 10.8. The third kappa shape index (κ3) is 2.88. The van der Waals surface area contributed by atoms with E-state index in [0.29, 0.717) is 33.6 Å². The molecule has 0 radical (unpaired) electrons. The highest BCUT2D eigenvalue weighted by Crippen LogP contribution is 2.28. The summed E-state index contributed by atoms with van der Waals surface area (Å²) < 4.78 is 2.27. The molecule has 2 heterocycles. The van der Waals surface area contributed by atoms with Crippen LogP contribution < -0.4 is 5.32 Å². The van der Waals surface area contributed by atoms with Crippen molar-refractivity contribution >= 4 is 38.9 Å². The number of hydrogen-bond donors (Lipinski definition) is 1. The topological polar surface area (TPSA) is 89.5 Å². The van der Waals surface area contributed by atoms with E-state index in [4.69, 9.17) is 0 Å². The van der Waals surface area contributed by atoms with Crippen LogP contribution in [0.15, 0.2) is 47.1 Å². The van der Waals surface area contributed by atoms with Gasteiger partial charge in [-0.25, -0.2) is 4.98 Å². The first-order valence-electron chi connectivity index (χ1n) is 7.22. The fraction of sp³-hybridized carbons (Fsp3) is 0.125. The molecule has 0 aliphatic heterocycles. The van der Waals surface area contributed by atoms with Crippen molar-refractivity contribution < 1.29 is 9.72 Å². The van der Waals surface area contributed by atoms with Gasteiger partial charge in [0.2, 0.25) is 0 Å². The number of carbonyl (C=O) groups is 1. The molecular formula is C16H13BrN4O3. The molecule has 3 aromatic rings. The Kier molecular flexibility index (Phi) is 4.30. The lowest BCUT2D eigenvalue weighted by atomic mass is 10.2. The molecule has 8 heteroatoms. The smallest absolute Gasteiger partial charge is 0.274 e. The van der Waals surface area contributed by atoms with Gasteiger partial charge in [0.15, 0.2) is 0 Å². The van der Waals surface area contributed by atoms with Gasteiger partial charge in [-0.2, -0.15) is 0 Å². The van der Waals surface area contributed by atoms with Gasteiger partial charge in [-0.15, -0.1) is 0 Å². The minimum absolute atomic E-state index is 0.0950. The third-order valence-corrected chi connectivity index (χ3v) is 4.25. The number of fused-ring (bicyclic) bond motifs is 1. The van der Waals surface area contributed by atoms with Crippen molar-refractivity contribution in [3.63, 3.8) is 0 Å². The number of nitro benzene ring substituents is 1. The highest BCUT2D eigenvalue weighted by Gasteiger charge is 2.20. The standard InChI is InChI=1S/C16H13BrN4O3/c1-2-12-15(20-8-4-3-5-14(20)18-12)16(22)19-13-9-10(21(23)24)6-7-11(13)17/h3-9H,2H2,1H3,(H,19,22). The predicted molar refractivity (Wildman–Crippen MR) is 93.3 cm³/mol. The second-order valence-electron chi connectivity index (χ2n) is 5.06. The zero-order valence-corrected chi connectivity index (χ0v) is 14.3. The fourth-order valence-corrected chi connectivity index (χ4v) is 2.78. The van der Waals surface area contributed by atoms with Crippen molar-refractivity contribution in [2.45, 2.75) is 13.3 Å². The third-order valence-electron chi connectivity index (χ3n) is 3.56. The Labute approximate surface area is 145 Å². The van der Waals surface area contributed by atoms with E-state index in [9.17, 15) is 14.9 Å². The van der Waals surface area contributed by atoms with Crippen molar-refractivity contribution in [3.05, 3.63) is 68.6 Å². The minimum atomic E-state index is -0.506. The molecule has 0 unspecified atom stereocenters. The lowest BCUT2D eigenvalue weighted by Gasteiger charge is -2.08. The number of nitrogens with zero attached hydrogens (tertiary/aromatic N) is 3. The molecule has 3 rings (SSSR count). The first-order valence-corrected chi connectivity index (χ1v) is 8.01. The van der Waals surface area contributed by atoms with Crippen LogP contribution in [0, 0.1) is 10.1 Å². The lowest BCUT2D eigenvalue weighted by Crippen LogP contribution is -2.16. The zero-order valence-electron chi connectivity index (χ0n) is 12.7. The summed E-state index contributed by atoms with van der Waals surface area (Å²) >= 11 is 3.30. The summed E-state index contributed by atoms with van der Waals surface area (Å²) in [6.45, 7) is 1.92. The number of hydrogen-bond acceptors (Lipinski definition) is 4. The molecular weight excluding hydrogens is 376 g/mol. The highest BCUT2D eigenvalue weighted by atomic mass is 79.9. The number of anilines is 1. The van der Waals surface area contributed by atoms with Gasteiger partial charge in [-0.05, 0) is 40.5 Å². The Balaban J connectivity index is 2.02. The van der Waals surface area contributed by atoms with E-state index in [-0.39, 0.29) is 11.6 Å². The first kappa shape index (κ1) is 16.1. The van der Waals surface area contributed by atoms with Gasteiger partial charge in [-0.3, -0.25) is 19.3 Å². The number of benzene rings is 1. The Morgan fingerprint density at radius 3 is 2.88 bits per heavy atom. The molecule has 1 aromatic carbocycles. The molecule has 7 nitrogen and oxygen atoms in total. The quantitative estimate of drug-likeness (QED) is 0.543. The maximum absolute atomic E-state index is 12.7. The van der Waals surface area contributed by atoms with Crippen LogP contribution in [0.4, 0.5) is 11.4 Å². The van der Waals surface area contributed by atoms with Crippen LogP contribution in [-0.4, -0.2) is 20.2 Å². The number of amides is 1. The summed E-state index contributed by atoms with van der Waals surface area (Å²) in [5.74, 6) is -0.369. The lowest BCUT2D eigenvalue weighted by molar-refractivity contribution is -0.384. The molecule has 0 aliphatic rings. The van der Waals surface area contributed by atoms with Crippen LogP contribution in [0.25, 0.3) is 5.65 Å². The Hall–Kier alpha value is -2.74. The van der Waals surface area contributed by atoms with Crippen LogP contribution in [0.5, 0.6) is 0 Å². The van der Waals surface area contributed by atoms with Crippen LogP contribution in [0.1, 0.15) is 23.1 Å². The van der Waals surface area contributed by atoms with Gasteiger partial charge in [-0.1, -0.05) is 13.0 Å². The number of carbonyl (C=O) groups excluding carboxylic acids is 1. The number of non-ortho nitro benzene ring substituents is 1. The Morgan fingerprint density at radius 1 is 1.38 bits per heavy atom. The second-order valence-corrected chi connectivity index (χ2v) is 5.92. The van der Waals surface area contributed by atoms with Gasteiger partial charge in [0.05, 0.1) is 16.3 Å². The number of nitrogens with one attached hydrogen (secondary N) is 1. The second kappa shape index (κ2) is 6.40. The average Bonchev–Trinajstić information content (AvgIpc) is 2.95. The first-order chi connectivity index (χ1) is 11.5. The molecule has 0 atom stereocenters. The zero-order chi connectivity index (χ0) is 17.3. The van der Waals surface area contributed by atoms with Crippen LogP contribution >= 0.6 is 15.9 Å². The summed E-state index contributed by atoms with van der Waals surface area (Å²) in [6.07, 6.45) is 2.36. The molecule has 1 N–H and O–H groups in total. The number of nitro groups is 1. The number of rotatable bonds is 4. The summed E-state index contributed by atoms with van der Waals surface area (Å²) in [7, 11) is 0. The molecule has 0 fully saturated rings. The molecule has 2 aromatic heterocycles. The van der Waals surface area contributed by atoms with Crippen molar-refractivity contribution in [3.8, 4) is 0 Å². The van der Waals surface area contributed by atoms with Crippen LogP contribution in [0.3, 0.4) is 0 Å². The Bertz CT molecular complexity index is 952. The number of aryl methyl sites for hydroxylation is 1. The van der Waals surface area contributed by atoms with E-state index < -0.39 is 4.92 Å². The molecule has 1 amide bonds. The number of aromatic nitrogens is 2. The molecule has 24 heavy (non-hydrogen) atoms. The van der Waals surface area contributed by atoms with E-state index in [1.54, 1.807) is 10.6 Å². The van der Waals surface area contributed by atoms with Crippen molar-refractivity contribution in [2.75, 3.05) is 5.32 Å². The van der Waals surface area contributed by atoms with Gasteiger partial charge >= 0.3 is 0 Å². The van der Waals surface area contributed by atoms with Gasteiger partial charge in [0.1, 0.15) is 11.3 Å². The van der Waals surface area contributed by atoms with E-state index >= 15 is 0 Å². The maximum atomic E-state index is 12.7. The van der Waals surface area contributed by atoms with Crippen molar-refractivity contribution in [2.24, 2.45) is 0 Å². The number of imidazole rings is 1. The summed E-state index contributed by atoms with van der Waals surface area (Å²) in [4.78, 5) is 27.6. The molecule has 0 bridgehead atoms. The summed E-state index contributed by atoms with van der Waals surface area (Å²) in [5, 5.41) is 13.6. The van der Waals surface area contributed by atoms with Crippen molar-refractivity contribution in [1.82, 2.24) is 9.38 Å². The number of halogens is 1. The molecule has 122 valence electrons. The molecule has 0 saturated carbocycles. The van der Waals surface area contributed by atoms with Gasteiger partial charge < -0.3 is 5.32 Å². The average molecular weight is 389 g/mol. The van der Waals surface area contributed by atoms with E-state index in [1.807, 2.05) is 25.1 Å². The van der Waals surface area contributed by atoms with E-state index in [1.165, 1.54) is 18.2 Å². The monoisotopic (exact) mass is 388 g/mol. The van der Waals surface area contributed by atoms with Crippen LogP contribution in [-0.2, 0) is 6.42 Å². The highest BCUT2D eigenvalue weighted by molar-refractivity contribution is 9.10.